The minimum atomic E-state index is -0.659. The SMILES string of the molecule is CC1=NC(C(=O)OCc2ccccc2)=C(I)C1C(=O)OCc1ccccc1. The summed E-state index contributed by atoms with van der Waals surface area (Å²) >= 11 is 1.97. The fourth-order valence-electron chi connectivity index (χ4n) is 2.64. The quantitative estimate of drug-likeness (QED) is 0.464. The Bertz CT molecular complexity index is 891. The third kappa shape index (κ3) is 4.82. The van der Waals surface area contributed by atoms with Gasteiger partial charge in [-0.25, -0.2) is 9.79 Å². The fraction of sp³-hybridized carbons (Fsp3) is 0.190. The predicted molar refractivity (Wildman–Crippen MR) is 110 cm³/mol. The lowest BCUT2D eigenvalue weighted by Gasteiger charge is -2.11. The Morgan fingerprint density at radius 2 is 1.44 bits per heavy atom. The van der Waals surface area contributed by atoms with Gasteiger partial charge < -0.3 is 9.47 Å². The zero-order valence-electron chi connectivity index (χ0n) is 14.7. The Balaban J connectivity index is 1.63. The summed E-state index contributed by atoms with van der Waals surface area (Å²) in [5, 5.41) is 0. The molecule has 2 aromatic carbocycles. The maximum absolute atomic E-state index is 12.5. The van der Waals surface area contributed by atoms with Crippen LogP contribution in [0.3, 0.4) is 0 Å². The number of ether oxygens (including phenoxy) is 2. The van der Waals surface area contributed by atoms with E-state index in [0.29, 0.717) is 9.29 Å². The van der Waals surface area contributed by atoms with Crippen LogP contribution < -0.4 is 0 Å². The van der Waals surface area contributed by atoms with Crippen molar-refractivity contribution in [2.45, 2.75) is 20.1 Å². The zero-order chi connectivity index (χ0) is 19.2. The van der Waals surface area contributed by atoms with Gasteiger partial charge in [-0.3, -0.25) is 4.79 Å². The standard InChI is InChI=1S/C21H18INO4/c1-14-17(20(24)26-12-15-8-4-2-5-9-15)18(22)19(23-14)21(25)27-13-16-10-6-3-7-11-16/h2-11,17H,12-13H2,1H3. The fourth-order valence-corrected chi connectivity index (χ4v) is 3.68. The summed E-state index contributed by atoms with van der Waals surface area (Å²) < 4.78 is 11.3. The first-order valence-electron chi connectivity index (χ1n) is 8.42. The van der Waals surface area contributed by atoms with Gasteiger partial charge in [0.2, 0.25) is 0 Å². The molecule has 3 rings (SSSR count). The molecule has 0 aromatic heterocycles. The van der Waals surface area contributed by atoms with E-state index in [1.807, 2.05) is 83.3 Å². The molecule has 0 amide bonds. The van der Waals surface area contributed by atoms with Crippen LogP contribution in [0.4, 0.5) is 0 Å². The number of carbonyl (C=O) groups is 2. The predicted octanol–water partition coefficient (Wildman–Crippen LogP) is 4.21. The highest BCUT2D eigenvalue weighted by Crippen LogP contribution is 2.33. The molecule has 0 aliphatic carbocycles. The van der Waals surface area contributed by atoms with E-state index in [1.54, 1.807) is 6.92 Å². The van der Waals surface area contributed by atoms with E-state index in [4.69, 9.17) is 9.47 Å². The van der Waals surface area contributed by atoms with Gasteiger partial charge in [0.15, 0.2) is 5.70 Å². The molecule has 0 bridgehead atoms. The number of esters is 2. The number of hydrogen-bond acceptors (Lipinski definition) is 5. The number of halogens is 1. The Hall–Kier alpha value is -2.48. The highest BCUT2D eigenvalue weighted by atomic mass is 127. The van der Waals surface area contributed by atoms with Crippen molar-refractivity contribution in [2.24, 2.45) is 10.9 Å². The van der Waals surface area contributed by atoms with Crippen molar-refractivity contribution in [2.75, 3.05) is 0 Å². The van der Waals surface area contributed by atoms with Crippen LogP contribution in [0.1, 0.15) is 18.1 Å². The number of benzene rings is 2. The van der Waals surface area contributed by atoms with Crippen molar-refractivity contribution in [1.82, 2.24) is 0 Å². The summed E-state index contributed by atoms with van der Waals surface area (Å²) in [4.78, 5) is 29.1. The molecule has 138 valence electrons. The summed E-state index contributed by atoms with van der Waals surface area (Å²) in [7, 11) is 0. The molecule has 6 heteroatoms. The van der Waals surface area contributed by atoms with E-state index in [-0.39, 0.29) is 18.9 Å². The molecule has 0 fully saturated rings. The maximum Gasteiger partial charge on any atom is 0.358 e. The monoisotopic (exact) mass is 475 g/mol. The van der Waals surface area contributed by atoms with Crippen molar-refractivity contribution in [1.29, 1.82) is 0 Å². The van der Waals surface area contributed by atoms with Crippen molar-refractivity contribution in [3.63, 3.8) is 0 Å². The van der Waals surface area contributed by atoms with Crippen molar-refractivity contribution in [3.05, 3.63) is 81.1 Å². The molecule has 0 spiro atoms. The number of carbonyl (C=O) groups excluding carboxylic acids is 2. The van der Waals surface area contributed by atoms with E-state index < -0.39 is 17.9 Å². The number of aliphatic imine (C=N–C) groups is 1. The summed E-state index contributed by atoms with van der Waals surface area (Å²) in [5.41, 5.74) is 2.49. The zero-order valence-corrected chi connectivity index (χ0v) is 16.9. The topological polar surface area (TPSA) is 65.0 Å². The Morgan fingerprint density at radius 3 is 2.00 bits per heavy atom. The molecule has 0 N–H and O–H groups in total. The highest BCUT2D eigenvalue weighted by molar-refractivity contribution is 14.1. The van der Waals surface area contributed by atoms with Crippen molar-refractivity contribution in [3.8, 4) is 0 Å². The lowest BCUT2D eigenvalue weighted by atomic mass is 10.1. The third-order valence-electron chi connectivity index (χ3n) is 4.05. The number of hydrogen-bond donors (Lipinski definition) is 0. The molecular formula is C21H18INO4. The Morgan fingerprint density at radius 1 is 0.926 bits per heavy atom. The second kappa shape index (κ2) is 8.94. The molecule has 1 aliphatic rings. The summed E-state index contributed by atoms with van der Waals surface area (Å²) in [6, 6.07) is 18.8. The summed E-state index contributed by atoms with van der Waals surface area (Å²) in [5.74, 6) is -1.62. The van der Waals surface area contributed by atoms with Gasteiger partial charge in [0.25, 0.3) is 0 Å². The molecule has 1 heterocycles. The smallest absolute Gasteiger partial charge is 0.358 e. The average molecular weight is 475 g/mol. The number of rotatable bonds is 6. The molecule has 1 unspecified atom stereocenters. The van der Waals surface area contributed by atoms with Gasteiger partial charge in [-0.05, 0) is 40.6 Å². The van der Waals surface area contributed by atoms with Crippen LogP contribution in [0, 0.1) is 5.92 Å². The second-order valence-electron chi connectivity index (χ2n) is 6.04. The van der Waals surface area contributed by atoms with Crippen molar-refractivity contribution >= 4 is 40.2 Å². The van der Waals surface area contributed by atoms with Gasteiger partial charge in [0, 0.05) is 9.29 Å². The molecular weight excluding hydrogens is 457 g/mol. The van der Waals surface area contributed by atoms with E-state index >= 15 is 0 Å². The van der Waals surface area contributed by atoms with Gasteiger partial charge in [-0.2, -0.15) is 0 Å². The number of nitrogens with zero attached hydrogens (tertiary/aromatic N) is 1. The van der Waals surface area contributed by atoms with Crippen LogP contribution in [0.25, 0.3) is 0 Å². The minimum absolute atomic E-state index is 0.158. The van der Waals surface area contributed by atoms with E-state index in [2.05, 4.69) is 4.99 Å². The first-order valence-corrected chi connectivity index (χ1v) is 9.50. The average Bonchev–Trinajstić information content (AvgIpc) is 3.00. The van der Waals surface area contributed by atoms with E-state index in [9.17, 15) is 9.59 Å². The van der Waals surface area contributed by atoms with Gasteiger partial charge >= 0.3 is 11.9 Å². The van der Waals surface area contributed by atoms with Crippen LogP contribution in [0.15, 0.2) is 74.9 Å². The lowest BCUT2D eigenvalue weighted by Crippen LogP contribution is -2.22. The first kappa shape index (κ1) is 19.3. The molecule has 27 heavy (non-hydrogen) atoms. The minimum Gasteiger partial charge on any atom is -0.460 e. The molecule has 1 atom stereocenters. The maximum atomic E-state index is 12.5. The third-order valence-corrected chi connectivity index (χ3v) is 5.19. The van der Waals surface area contributed by atoms with Gasteiger partial charge in [-0.15, -0.1) is 0 Å². The van der Waals surface area contributed by atoms with Gasteiger partial charge in [0.05, 0.1) is 0 Å². The lowest BCUT2D eigenvalue weighted by molar-refractivity contribution is -0.146. The van der Waals surface area contributed by atoms with Crippen LogP contribution in [-0.2, 0) is 32.3 Å². The Labute approximate surface area is 171 Å². The molecule has 0 radical (unpaired) electrons. The van der Waals surface area contributed by atoms with Gasteiger partial charge in [0.1, 0.15) is 19.1 Å². The molecule has 0 saturated carbocycles. The Kier molecular flexibility index (Phi) is 6.39. The van der Waals surface area contributed by atoms with E-state index in [1.165, 1.54) is 0 Å². The van der Waals surface area contributed by atoms with E-state index in [0.717, 1.165) is 11.1 Å². The molecule has 1 aliphatic heterocycles. The molecule has 2 aromatic rings. The summed E-state index contributed by atoms with van der Waals surface area (Å²) in [6.07, 6.45) is 0. The van der Waals surface area contributed by atoms with Crippen LogP contribution in [0.2, 0.25) is 0 Å². The largest absolute Gasteiger partial charge is 0.460 e. The van der Waals surface area contributed by atoms with Crippen molar-refractivity contribution < 1.29 is 19.1 Å². The molecule has 0 saturated heterocycles. The van der Waals surface area contributed by atoms with Crippen LogP contribution in [0.5, 0.6) is 0 Å². The second-order valence-corrected chi connectivity index (χ2v) is 7.20. The normalized spacial score (nSPS) is 16.1. The molecule has 5 nitrogen and oxygen atoms in total. The van der Waals surface area contributed by atoms with Gasteiger partial charge in [-0.1, -0.05) is 60.7 Å². The van der Waals surface area contributed by atoms with Crippen LogP contribution in [-0.4, -0.2) is 17.7 Å². The first-order chi connectivity index (χ1) is 13.1. The summed E-state index contributed by atoms with van der Waals surface area (Å²) in [6.45, 7) is 2.05. The van der Waals surface area contributed by atoms with Crippen LogP contribution >= 0.6 is 22.6 Å². The highest BCUT2D eigenvalue weighted by Gasteiger charge is 2.36.